The maximum absolute atomic E-state index is 12.6. The van der Waals surface area contributed by atoms with Crippen molar-refractivity contribution >= 4 is 23.2 Å². The van der Waals surface area contributed by atoms with E-state index in [9.17, 15) is 9.59 Å². The molecule has 0 aliphatic carbocycles. The molecule has 156 valence electrons. The Labute approximate surface area is 172 Å². The van der Waals surface area contributed by atoms with Crippen molar-refractivity contribution in [2.24, 2.45) is 0 Å². The molecule has 6 heteroatoms. The highest BCUT2D eigenvalue weighted by Gasteiger charge is 2.12. The first-order valence-corrected chi connectivity index (χ1v) is 10.1. The molecule has 0 fully saturated rings. The number of unbranched alkanes of at least 4 members (excludes halogenated alkanes) is 3. The normalized spacial score (nSPS) is 10.3. The molecule has 0 spiro atoms. The van der Waals surface area contributed by atoms with E-state index < -0.39 is 0 Å². The number of carbonyl (C=O) groups excluding carboxylic acids is 2. The van der Waals surface area contributed by atoms with Gasteiger partial charge in [0.05, 0.1) is 13.7 Å². The highest BCUT2D eigenvalue weighted by Crippen LogP contribution is 2.29. The van der Waals surface area contributed by atoms with Gasteiger partial charge in [0.15, 0.2) is 11.5 Å². The van der Waals surface area contributed by atoms with E-state index in [1.54, 1.807) is 56.5 Å². The van der Waals surface area contributed by atoms with E-state index >= 15 is 0 Å². The molecule has 0 aliphatic heterocycles. The zero-order valence-corrected chi connectivity index (χ0v) is 17.4. The molecule has 0 radical (unpaired) electrons. The fourth-order valence-corrected chi connectivity index (χ4v) is 2.77. The molecule has 0 unspecified atom stereocenters. The first-order valence-electron chi connectivity index (χ1n) is 10.1. The van der Waals surface area contributed by atoms with Crippen LogP contribution < -0.4 is 20.1 Å². The van der Waals surface area contributed by atoms with Crippen molar-refractivity contribution in [3.05, 3.63) is 48.0 Å². The summed E-state index contributed by atoms with van der Waals surface area (Å²) in [6.45, 7) is 4.58. The molecule has 2 rings (SSSR count). The van der Waals surface area contributed by atoms with Crippen LogP contribution in [0.15, 0.2) is 42.5 Å². The molecule has 0 aromatic heterocycles. The highest BCUT2D eigenvalue weighted by molar-refractivity contribution is 6.05. The largest absolute Gasteiger partial charge is 0.493 e. The van der Waals surface area contributed by atoms with Gasteiger partial charge in [-0.25, -0.2) is 0 Å². The van der Waals surface area contributed by atoms with Gasteiger partial charge in [-0.15, -0.1) is 0 Å². The van der Waals surface area contributed by atoms with Gasteiger partial charge in [0, 0.05) is 23.4 Å². The van der Waals surface area contributed by atoms with Gasteiger partial charge in [0.1, 0.15) is 0 Å². The van der Waals surface area contributed by atoms with Crippen molar-refractivity contribution < 1.29 is 19.1 Å². The van der Waals surface area contributed by atoms with Crippen molar-refractivity contribution in [3.8, 4) is 11.5 Å². The predicted octanol–water partition coefficient (Wildman–Crippen LogP) is 5.26. The molecule has 2 amide bonds. The Morgan fingerprint density at radius 1 is 0.897 bits per heavy atom. The average Bonchev–Trinajstić information content (AvgIpc) is 2.73. The highest BCUT2D eigenvalue weighted by atomic mass is 16.5. The lowest BCUT2D eigenvalue weighted by Gasteiger charge is -2.13. The van der Waals surface area contributed by atoms with Gasteiger partial charge in [-0.3, -0.25) is 9.59 Å². The van der Waals surface area contributed by atoms with E-state index in [2.05, 4.69) is 17.6 Å². The summed E-state index contributed by atoms with van der Waals surface area (Å²) in [7, 11) is 1.56. The second-order valence-corrected chi connectivity index (χ2v) is 6.71. The number of nitrogens with one attached hydrogen (secondary N) is 2. The van der Waals surface area contributed by atoms with Crippen LogP contribution in [-0.2, 0) is 4.79 Å². The summed E-state index contributed by atoms with van der Waals surface area (Å²) in [4.78, 5) is 24.2. The molecule has 0 saturated heterocycles. The Bertz CT molecular complexity index is 820. The van der Waals surface area contributed by atoms with Gasteiger partial charge in [-0.2, -0.15) is 0 Å². The van der Waals surface area contributed by atoms with Crippen LogP contribution in [0, 0.1) is 0 Å². The molecule has 6 nitrogen and oxygen atoms in total. The molecule has 2 N–H and O–H groups in total. The molecule has 2 aromatic rings. The smallest absolute Gasteiger partial charge is 0.255 e. The maximum atomic E-state index is 12.6. The summed E-state index contributed by atoms with van der Waals surface area (Å²) >= 11 is 0. The predicted molar refractivity (Wildman–Crippen MR) is 116 cm³/mol. The van der Waals surface area contributed by atoms with Crippen molar-refractivity contribution in [2.75, 3.05) is 24.4 Å². The van der Waals surface area contributed by atoms with Gasteiger partial charge in [-0.05, 0) is 42.8 Å². The number of hydrogen-bond acceptors (Lipinski definition) is 4. The van der Waals surface area contributed by atoms with Gasteiger partial charge < -0.3 is 20.1 Å². The monoisotopic (exact) mass is 398 g/mol. The molecular weight excluding hydrogens is 368 g/mol. The number of amides is 2. The van der Waals surface area contributed by atoms with Crippen LogP contribution in [-0.4, -0.2) is 25.5 Å². The van der Waals surface area contributed by atoms with E-state index in [1.165, 1.54) is 12.8 Å². The van der Waals surface area contributed by atoms with Crippen LogP contribution in [0.25, 0.3) is 0 Å². The number of benzene rings is 2. The summed E-state index contributed by atoms with van der Waals surface area (Å²) in [6, 6.07) is 12.2. The minimum absolute atomic E-state index is 0.0801. The summed E-state index contributed by atoms with van der Waals surface area (Å²) in [6.07, 6.45) is 4.90. The third-order valence-electron chi connectivity index (χ3n) is 4.41. The second kappa shape index (κ2) is 11.7. The fourth-order valence-electron chi connectivity index (χ4n) is 2.77. The number of carbonyl (C=O) groups is 2. The first kappa shape index (κ1) is 22.3. The molecule has 0 atom stereocenters. The van der Waals surface area contributed by atoms with E-state index in [1.807, 2.05) is 0 Å². The van der Waals surface area contributed by atoms with Crippen LogP contribution in [0.2, 0.25) is 0 Å². The van der Waals surface area contributed by atoms with Gasteiger partial charge in [0.25, 0.3) is 5.91 Å². The molecular formula is C23H30N2O4. The molecule has 0 saturated carbocycles. The number of methoxy groups -OCH3 is 1. The number of rotatable bonds is 11. The minimum atomic E-state index is -0.267. The fraction of sp³-hybridized carbons (Fsp3) is 0.391. The zero-order valence-electron chi connectivity index (χ0n) is 17.4. The van der Waals surface area contributed by atoms with Crippen LogP contribution in [0.1, 0.15) is 56.3 Å². The van der Waals surface area contributed by atoms with Crippen molar-refractivity contribution in [1.82, 2.24) is 0 Å². The lowest BCUT2D eigenvalue weighted by atomic mass is 10.1. The number of anilines is 2. The molecule has 29 heavy (non-hydrogen) atoms. The lowest BCUT2D eigenvalue weighted by Crippen LogP contribution is -2.13. The van der Waals surface area contributed by atoms with Gasteiger partial charge >= 0.3 is 0 Å². The number of ether oxygens (including phenoxy) is 2. The van der Waals surface area contributed by atoms with Crippen molar-refractivity contribution in [2.45, 2.75) is 46.0 Å². The number of hydrogen-bond donors (Lipinski definition) is 2. The summed E-state index contributed by atoms with van der Waals surface area (Å²) in [5.41, 5.74) is 1.70. The van der Waals surface area contributed by atoms with Crippen molar-refractivity contribution in [1.29, 1.82) is 0 Å². The Morgan fingerprint density at radius 2 is 1.66 bits per heavy atom. The zero-order chi connectivity index (χ0) is 21.1. The second-order valence-electron chi connectivity index (χ2n) is 6.71. The van der Waals surface area contributed by atoms with Crippen molar-refractivity contribution in [3.63, 3.8) is 0 Å². The Hall–Kier alpha value is -3.02. The lowest BCUT2D eigenvalue weighted by molar-refractivity contribution is -0.115. The minimum Gasteiger partial charge on any atom is -0.493 e. The molecule has 0 bridgehead atoms. The van der Waals surface area contributed by atoms with E-state index in [4.69, 9.17) is 9.47 Å². The van der Waals surface area contributed by atoms with Crippen LogP contribution in [0.3, 0.4) is 0 Å². The standard InChI is InChI=1S/C23H30N2O4/c1-4-6-7-8-14-29-20-13-12-17(15-21(20)28-3)23(27)25-19-11-9-10-18(16-19)24-22(26)5-2/h9-13,15-16H,4-8,14H2,1-3H3,(H,24,26)(H,25,27). The molecule has 2 aromatic carbocycles. The van der Waals surface area contributed by atoms with E-state index in [0.717, 1.165) is 12.8 Å². The van der Waals surface area contributed by atoms with Crippen LogP contribution >= 0.6 is 0 Å². The molecule has 0 heterocycles. The maximum Gasteiger partial charge on any atom is 0.255 e. The Morgan fingerprint density at radius 3 is 2.34 bits per heavy atom. The summed E-state index contributed by atoms with van der Waals surface area (Å²) in [5, 5.41) is 5.62. The summed E-state index contributed by atoms with van der Waals surface area (Å²) < 4.78 is 11.2. The van der Waals surface area contributed by atoms with Crippen LogP contribution in [0.5, 0.6) is 11.5 Å². The van der Waals surface area contributed by atoms with Crippen LogP contribution in [0.4, 0.5) is 11.4 Å². The van der Waals surface area contributed by atoms with Gasteiger partial charge in [-0.1, -0.05) is 39.2 Å². The summed E-state index contributed by atoms with van der Waals surface area (Å²) in [5.74, 6) is 0.808. The van der Waals surface area contributed by atoms with E-state index in [0.29, 0.717) is 41.5 Å². The topological polar surface area (TPSA) is 76.7 Å². The third kappa shape index (κ3) is 7.14. The van der Waals surface area contributed by atoms with E-state index in [-0.39, 0.29) is 11.8 Å². The Kier molecular flexibility index (Phi) is 9.02. The first-order chi connectivity index (χ1) is 14.1. The quantitative estimate of drug-likeness (QED) is 0.507. The average molecular weight is 399 g/mol. The molecule has 0 aliphatic rings. The third-order valence-corrected chi connectivity index (χ3v) is 4.41. The SMILES string of the molecule is CCCCCCOc1ccc(C(=O)Nc2cccc(NC(=O)CC)c2)cc1OC. The van der Waals surface area contributed by atoms with Gasteiger partial charge in [0.2, 0.25) is 5.91 Å². The Balaban J connectivity index is 2.01.